The van der Waals surface area contributed by atoms with E-state index in [0.717, 1.165) is 42.3 Å². The van der Waals surface area contributed by atoms with Gasteiger partial charge >= 0.3 is 0 Å². The van der Waals surface area contributed by atoms with Crippen molar-refractivity contribution in [3.63, 3.8) is 0 Å². The van der Waals surface area contributed by atoms with Crippen LogP contribution < -0.4 is 5.32 Å². The summed E-state index contributed by atoms with van der Waals surface area (Å²) in [6.07, 6.45) is 3.96. The molecule has 1 aromatic heterocycles. The van der Waals surface area contributed by atoms with Crippen LogP contribution in [0.15, 0.2) is 51.9 Å². The van der Waals surface area contributed by atoms with Gasteiger partial charge in [-0.3, -0.25) is 0 Å². The molecule has 35 heavy (non-hydrogen) atoms. The number of halogens is 2. The molecule has 2 heterocycles. The molecule has 1 saturated heterocycles. The van der Waals surface area contributed by atoms with Crippen LogP contribution in [0.5, 0.6) is 0 Å². The normalized spacial score (nSPS) is 20.1. The third-order valence-electron chi connectivity index (χ3n) is 7.07. The van der Waals surface area contributed by atoms with Gasteiger partial charge in [0.1, 0.15) is 23.1 Å². The van der Waals surface area contributed by atoms with Crippen molar-refractivity contribution in [3.05, 3.63) is 76.7 Å². The van der Waals surface area contributed by atoms with E-state index < -0.39 is 27.7 Å². The maximum Gasteiger partial charge on any atom is 0.243 e. The van der Waals surface area contributed by atoms with Crippen molar-refractivity contribution in [2.75, 3.05) is 11.9 Å². The molecule has 0 radical (unpaired) electrons. The first-order valence-corrected chi connectivity index (χ1v) is 13.4. The van der Waals surface area contributed by atoms with Crippen LogP contribution in [0.2, 0.25) is 0 Å². The molecule has 9 heteroatoms. The number of benzene rings is 2. The Kier molecular flexibility index (Phi) is 6.17. The van der Waals surface area contributed by atoms with Crippen molar-refractivity contribution in [3.8, 4) is 0 Å². The number of aromatic nitrogens is 1. The van der Waals surface area contributed by atoms with E-state index in [1.165, 1.54) is 28.6 Å². The van der Waals surface area contributed by atoms with E-state index in [9.17, 15) is 17.2 Å². The van der Waals surface area contributed by atoms with Crippen LogP contribution in [0.4, 0.5) is 14.5 Å². The minimum atomic E-state index is -3.96. The van der Waals surface area contributed by atoms with Gasteiger partial charge in [0.25, 0.3) is 0 Å². The summed E-state index contributed by atoms with van der Waals surface area (Å²) < 4.78 is 62.3. The molecule has 2 aliphatic rings. The second-order valence-corrected chi connectivity index (χ2v) is 12.1. The SMILES string of the molecule is CC1(C)CCc2onc(CNc3ccc(S(=O)(=O)N4CCCC4c4cccc(F)c4)cc3F)c2C1. The summed E-state index contributed by atoms with van der Waals surface area (Å²) in [4.78, 5) is -0.121. The van der Waals surface area contributed by atoms with Crippen molar-refractivity contribution in [1.82, 2.24) is 9.46 Å². The summed E-state index contributed by atoms with van der Waals surface area (Å²) in [6.45, 7) is 5.00. The number of fused-ring (bicyclic) bond motifs is 1. The standard InChI is InChI=1S/C26H29F2N3O3S/c1-26(2)11-10-25-20(15-26)23(30-34-25)16-29-22-9-8-19(14-21(22)28)35(32,33)31-12-4-7-24(31)17-5-3-6-18(27)13-17/h3,5-6,8-9,13-14,24,29H,4,7,10-12,15-16H2,1-2H3. The fraction of sp³-hybridized carbons (Fsp3) is 0.423. The van der Waals surface area contributed by atoms with Gasteiger partial charge in [-0.15, -0.1) is 0 Å². The van der Waals surface area contributed by atoms with Crippen LogP contribution in [0.3, 0.4) is 0 Å². The molecule has 0 amide bonds. The van der Waals surface area contributed by atoms with E-state index in [2.05, 4.69) is 24.3 Å². The van der Waals surface area contributed by atoms with Gasteiger partial charge in [-0.05, 0) is 67.0 Å². The lowest BCUT2D eigenvalue weighted by Gasteiger charge is -2.28. The lowest BCUT2D eigenvalue weighted by molar-refractivity contribution is 0.282. The van der Waals surface area contributed by atoms with Gasteiger partial charge < -0.3 is 9.84 Å². The zero-order valence-corrected chi connectivity index (χ0v) is 20.7. The highest BCUT2D eigenvalue weighted by atomic mass is 32.2. The molecule has 6 nitrogen and oxygen atoms in total. The third-order valence-corrected chi connectivity index (χ3v) is 8.97. The van der Waals surface area contributed by atoms with Gasteiger partial charge in [-0.1, -0.05) is 31.1 Å². The number of nitrogens with one attached hydrogen (secondary N) is 1. The summed E-state index contributed by atoms with van der Waals surface area (Å²) in [5, 5.41) is 7.21. The Hall–Kier alpha value is -2.78. The molecular weight excluding hydrogens is 472 g/mol. The van der Waals surface area contributed by atoms with E-state index in [-0.39, 0.29) is 22.5 Å². The predicted molar refractivity (Wildman–Crippen MR) is 128 cm³/mol. The predicted octanol–water partition coefficient (Wildman–Crippen LogP) is 5.61. The second-order valence-electron chi connectivity index (χ2n) is 10.2. The van der Waals surface area contributed by atoms with Gasteiger partial charge in [0, 0.05) is 18.5 Å². The van der Waals surface area contributed by atoms with Gasteiger partial charge in [0.15, 0.2) is 0 Å². The molecule has 0 spiro atoms. The third kappa shape index (κ3) is 4.71. The topological polar surface area (TPSA) is 75.4 Å². The lowest BCUT2D eigenvalue weighted by Crippen LogP contribution is -2.30. The van der Waals surface area contributed by atoms with Crippen molar-refractivity contribution >= 4 is 15.7 Å². The first kappa shape index (κ1) is 23.9. The number of nitrogens with zero attached hydrogens (tertiary/aromatic N) is 2. The van der Waals surface area contributed by atoms with Crippen LogP contribution >= 0.6 is 0 Å². The Morgan fingerprint density at radius 3 is 2.80 bits per heavy atom. The number of rotatable bonds is 6. The van der Waals surface area contributed by atoms with Crippen LogP contribution in [0, 0.1) is 17.0 Å². The highest BCUT2D eigenvalue weighted by molar-refractivity contribution is 7.89. The van der Waals surface area contributed by atoms with Crippen LogP contribution in [0.1, 0.15) is 61.7 Å². The molecule has 1 atom stereocenters. The van der Waals surface area contributed by atoms with Gasteiger partial charge in [0.2, 0.25) is 10.0 Å². The fourth-order valence-electron chi connectivity index (χ4n) is 5.13. The number of hydrogen-bond donors (Lipinski definition) is 1. The first-order chi connectivity index (χ1) is 16.6. The van der Waals surface area contributed by atoms with E-state index in [1.54, 1.807) is 12.1 Å². The minimum absolute atomic E-state index is 0.121. The first-order valence-electron chi connectivity index (χ1n) is 11.9. The minimum Gasteiger partial charge on any atom is -0.377 e. The summed E-state index contributed by atoms with van der Waals surface area (Å²) >= 11 is 0. The molecule has 0 bridgehead atoms. The number of hydrogen-bond acceptors (Lipinski definition) is 5. The Bertz CT molecular complexity index is 1350. The van der Waals surface area contributed by atoms with E-state index in [4.69, 9.17) is 4.52 Å². The highest BCUT2D eigenvalue weighted by Gasteiger charge is 2.37. The molecule has 1 fully saturated rings. The van der Waals surface area contributed by atoms with E-state index in [1.807, 2.05) is 0 Å². The summed E-state index contributed by atoms with van der Waals surface area (Å²) in [5.74, 6) is -0.183. The number of anilines is 1. The largest absolute Gasteiger partial charge is 0.377 e. The van der Waals surface area contributed by atoms with Crippen molar-refractivity contribution in [2.24, 2.45) is 5.41 Å². The zero-order chi connectivity index (χ0) is 24.8. The Labute approximate surface area is 204 Å². The molecule has 186 valence electrons. The smallest absolute Gasteiger partial charge is 0.243 e. The van der Waals surface area contributed by atoms with Crippen molar-refractivity contribution in [1.29, 1.82) is 0 Å². The average molecular weight is 502 g/mol. The quantitative estimate of drug-likeness (QED) is 0.476. The monoisotopic (exact) mass is 501 g/mol. The van der Waals surface area contributed by atoms with Gasteiger partial charge in [0.05, 0.1) is 23.2 Å². The fourth-order valence-corrected chi connectivity index (χ4v) is 6.82. The van der Waals surface area contributed by atoms with Crippen molar-refractivity contribution in [2.45, 2.75) is 63.4 Å². The van der Waals surface area contributed by atoms with Crippen molar-refractivity contribution < 1.29 is 21.7 Å². The Balaban J connectivity index is 1.33. The molecule has 2 aromatic carbocycles. The number of aryl methyl sites for hydroxylation is 1. The lowest BCUT2D eigenvalue weighted by atomic mass is 9.76. The molecular formula is C26H29F2N3O3S. The molecule has 0 saturated carbocycles. The Morgan fingerprint density at radius 2 is 2.03 bits per heavy atom. The number of sulfonamides is 1. The van der Waals surface area contributed by atoms with Gasteiger partial charge in [-0.2, -0.15) is 4.31 Å². The summed E-state index contributed by atoms with van der Waals surface area (Å²) in [6, 6.07) is 9.39. The molecule has 1 unspecified atom stereocenters. The van der Waals surface area contributed by atoms with Crippen LogP contribution in [-0.4, -0.2) is 24.4 Å². The summed E-state index contributed by atoms with van der Waals surface area (Å²) in [5.41, 5.74) is 2.78. The van der Waals surface area contributed by atoms with Crippen LogP contribution in [-0.2, 0) is 29.4 Å². The second kappa shape index (κ2) is 9.02. The highest BCUT2D eigenvalue weighted by Crippen LogP contribution is 2.38. The molecule has 3 aromatic rings. The summed E-state index contributed by atoms with van der Waals surface area (Å²) in [7, 11) is -3.96. The van der Waals surface area contributed by atoms with E-state index in [0.29, 0.717) is 24.9 Å². The average Bonchev–Trinajstić information content (AvgIpc) is 3.45. The zero-order valence-electron chi connectivity index (χ0n) is 19.9. The molecule has 1 aliphatic carbocycles. The molecule has 1 aliphatic heterocycles. The van der Waals surface area contributed by atoms with E-state index >= 15 is 0 Å². The maximum absolute atomic E-state index is 15.0. The maximum atomic E-state index is 15.0. The van der Waals surface area contributed by atoms with Crippen LogP contribution in [0.25, 0.3) is 0 Å². The Morgan fingerprint density at radius 1 is 1.20 bits per heavy atom. The molecule has 5 rings (SSSR count). The molecule has 1 N–H and O–H groups in total. The van der Waals surface area contributed by atoms with Gasteiger partial charge in [-0.25, -0.2) is 17.2 Å².